The van der Waals surface area contributed by atoms with E-state index in [1.807, 2.05) is 6.07 Å². The maximum atomic E-state index is 13.7. The van der Waals surface area contributed by atoms with Crippen molar-refractivity contribution < 1.29 is 27.4 Å². The summed E-state index contributed by atoms with van der Waals surface area (Å²) in [5.74, 6) is -1.69. The highest BCUT2D eigenvalue weighted by Gasteiger charge is 2.20. The molecule has 0 aliphatic carbocycles. The van der Waals surface area contributed by atoms with E-state index < -0.39 is 26.7 Å². The van der Waals surface area contributed by atoms with Gasteiger partial charge in [0.2, 0.25) is 10.0 Å². The van der Waals surface area contributed by atoms with Crippen LogP contribution in [-0.2, 0) is 16.4 Å². The SMILES string of the molecule is COc1cccc(CCNS(=O)(=O)c2cc(C(=O)O)ccc2F)c1. The molecular weight excluding hydrogens is 337 g/mol. The fourth-order valence-corrected chi connectivity index (χ4v) is 3.21. The number of carboxylic acid groups (broad SMARTS) is 1. The van der Waals surface area contributed by atoms with Gasteiger partial charge in [0.25, 0.3) is 0 Å². The molecule has 0 aliphatic rings. The molecule has 8 heteroatoms. The number of rotatable bonds is 7. The molecule has 2 aromatic carbocycles. The second-order valence-corrected chi connectivity index (χ2v) is 6.69. The van der Waals surface area contributed by atoms with Crippen LogP contribution in [0.25, 0.3) is 0 Å². The Balaban J connectivity index is 2.11. The lowest BCUT2D eigenvalue weighted by Crippen LogP contribution is -2.27. The molecule has 0 amide bonds. The summed E-state index contributed by atoms with van der Waals surface area (Å²) in [6, 6.07) is 9.74. The Morgan fingerprint density at radius 2 is 2.00 bits per heavy atom. The summed E-state index contributed by atoms with van der Waals surface area (Å²) in [6.45, 7) is 0.0340. The van der Waals surface area contributed by atoms with Gasteiger partial charge in [0.15, 0.2) is 0 Å². The van der Waals surface area contributed by atoms with Crippen molar-refractivity contribution in [3.63, 3.8) is 0 Å². The van der Waals surface area contributed by atoms with Crippen molar-refractivity contribution in [3.05, 3.63) is 59.4 Å². The number of sulfonamides is 1. The van der Waals surface area contributed by atoms with E-state index >= 15 is 0 Å². The monoisotopic (exact) mass is 353 g/mol. The van der Waals surface area contributed by atoms with Crippen LogP contribution in [0, 0.1) is 5.82 Å². The average Bonchev–Trinajstić information content (AvgIpc) is 2.55. The Labute approximate surface area is 138 Å². The maximum absolute atomic E-state index is 13.7. The van der Waals surface area contributed by atoms with E-state index in [1.54, 1.807) is 18.2 Å². The smallest absolute Gasteiger partial charge is 0.335 e. The van der Waals surface area contributed by atoms with Crippen molar-refractivity contribution in [1.82, 2.24) is 4.72 Å². The summed E-state index contributed by atoms with van der Waals surface area (Å²) in [5, 5.41) is 8.89. The van der Waals surface area contributed by atoms with E-state index in [-0.39, 0.29) is 12.1 Å². The van der Waals surface area contributed by atoms with Crippen LogP contribution in [0.5, 0.6) is 5.75 Å². The minimum atomic E-state index is -4.15. The van der Waals surface area contributed by atoms with Gasteiger partial charge in [-0.05, 0) is 42.3 Å². The van der Waals surface area contributed by atoms with E-state index in [2.05, 4.69) is 4.72 Å². The van der Waals surface area contributed by atoms with Gasteiger partial charge < -0.3 is 9.84 Å². The third-order valence-electron chi connectivity index (χ3n) is 3.31. The fraction of sp³-hybridized carbons (Fsp3) is 0.188. The highest BCUT2D eigenvalue weighted by Crippen LogP contribution is 2.17. The number of benzene rings is 2. The van der Waals surface area contributed by atoms with Crippen LogP contribution in [0.2, 0.25) is 0 Å². The summed E-state index contributed by atoms with van der Waals surface area (Å²) in [6.07, 6.45) is 0.372. The lowest BCUT2D eigenvalue weighted by atomic mass is 10.1. The van der Waals surface area contributed by atoms with Crippen LogP contribution in [0.1, 0.15) is 15.9 Å². The minimum absolute atomic E-state index is 0.0340. The third kappa shape index (κ3) is 4.30. The zero-order valence-corrected chi connectivity index (χ0v) is 13.6. The topological polar surface area (TPSA) is 92.7 Å². The summed E-state index contributed by atoms with van der Waals surface area (Å²) in [7, 11) is -2.62. The number of ether oxygens (including phenoxy) is 1. The third-order valence-corrected chi connectivity index (χ3v) is 4.78. The number of hydrogen-bond acceptors (Lipinski definition) is 4. The number of carbonyl (C=O) groups is 1. The van der Waals surface area contributed by atoms with Crippen LogP contribution >= 0.6 is 0 Å². The zero-order valence-electron chi connectivity index (χ0n) is 12.8. The minimum Gasteiger partial charge on any atom is -0.497 e. The first kappa shape index (κ1) is 17.9. The summed E-state index contributed by atoms with van der Waals surface area (Å²) >= 11 is 0. The standard InChI is InChI=1S/C16H16FNO5S/c1-23-13-4-2-3-11(9-13)7-8-18-24(21,22)15-10-12(16(19)20)5-6-14(15)17/h2-6,9-10,18H,7-8H2,1H3,(H,19,20). The van der Waals surface area contributed by atoms with Gasteiger partial charge in [-0.15, -0.1) is 0 Å². The number of methoxy groups -OCH3 is 1. The van der Waals surface area contributed by atoms with E-state index in [4.69, 9.17) is 9.84 Å². The molecule has 0 aromatic heterocycles. The van der Waals surface area contributed by atoms with Gasteiger partial charge in [-0.25, -0.2) is 22.3 Å². The van der Waals surface area contributed by atoms with Crippen molar-refractivity contribution in [1.29, 1.82) is 0 Å². The maximum Gasteiger partial charge on any atom is 0.335 e. The lowest BCUT2D eigenvalue weighted by molar-refractivity contribution is 0.0696. The highest BCUT2D eigenvalue weighted by atomic mass is 32.2. The van der Waals surface area contributed by atoms with Crippen molar-refractivity contribution in [2.24, 2.45) is 0 Å². The van der Waals surface area contributed by atoms with E-state index in [9.17, 15) is 17.6 Å². The molecule has 2 aromatic rings. The second kappa shape index (κ2) is 7.41. The van der Waals surface area contributed by atoms with Crippen LogP contribution in [0.15, 0.2) is 47.4 Å². The molecule has 2 N–H and O–H groups in total. The molecule has 0 heterocycles. The van der Waals surface area contributed by atoms with Crippen LogP contribution in [-0.4, -0.2) is 33.1 Å². The molecule has 0 saturated carbocycles. The Hall–Kier alpha value is -2.45. The predicted octanol–water partition coefficient (Wildman–Crippen LogP) is 2.05. The highest BCUT2D eigenvalue weighted by molar-refractivity contribution is 7.89. The molecule has 128 valence electrons. The Morgan fingerprint density at radius 1 is 1.25 bits per heavy atom. The van der Waals surface area contributed by atoms with Gasteiger partial charge in [0.1, 0.15) is 16.5 Å². The van der Waals surface area contributed by atoms with Crippen molar-refractivity contribution in [2.75, 3.05) is 13.7 Å². The molecule has 0 aliphatic heterocycles. The number of aromatic carboxylic acids is 1. The normalized spacial score (nSPS) is 11.2. The van der Waals surface area contributed by atoms with Crippen molar-refractivity contribution >= 4 is 16.0 Å². The molecule has 0 bridgehead atoms. The van der Waals surface area contributed by atoms with Gasteiger partial charge in [0.05, 0.1) is 12.7 Å². The van der Waals surface area contributed by atoms with Crippen LogP contribution < -0.4 is 9.46 Å². The number of carboxylic acids is 1. The molecule has 6 nitrogen and oxygen atoms in total. The van der Waals surface area contributed by atoms with Gasteiger partial charge in [0, 0.05) is 6.54 Å². The van der Waals surface area contributed by atoms with Gasteiger partial charge in [-0.3, -0.25) is 0 Å². The summed E-state index contributed by atoms with van der Waals surface area (Å²) < 4.78 is 45.4. The average molecular weight is 353 g/mol. The molecular formula is C16H16FNO5S. The quantitative estimate of drug-likeness (QED) is 0.795. The van der Waals surface area contributed by atoms with Gasteiger partial charge >= 0.3 is 5.97 Å². The number of nitrogens with one attached hydrogen (secondary N) is 1. The van der Waals surface area contributed by atoms with E-state index in [0.717, 1.165) is 23.8 Å². The number of hydrogen-bond donors (Lipinski definition) is 2. The Kier molecular flexibility index (Phi) is 5.53. The van der Waals surface area contributed by atoms with E-state index in [1.165, 1.54) is 7.11 Å². The first-order valence-corrected chi connectivity index (χ1v) is 8.47. The van der Waals surface area contributed by atoms with Gasteiger partial charge in [-0.1, -0.05) is 12.1 Å². The first-order chi connectivity index (χ1) is 11.3. The van der Waals surface area contributed by atoms with Crippen LogP contribution in [0.3, 0.4) is 0 Å². The predicted molar refractivity (Wildman–Crippen MR) is 85.2 cm³/mol. The molecule has 0 radical (unpaired) electrons. The molecule has 0 saturated heterocycles. The Bertz CT molecular complexity index is 851. The first-order valence-electron chi connectivity index (χ1n) is 6.99. The van der Waals surface area contributed by atoms with Crippen molar-refractivity contribution in [2.45, 2.75) is 11.3 Å². The van der Waals surface area contributed by atoms with Gasteiger partial charge in [-0.2, -0.15) is 0 Å². The second-order valence-electron chi connectivity index (χ2n) is 4.95. The molecule has 0 fully saturated rings. The van der Waals surface area contributed by atoms with Crippen LogP contribution in [0.4, 0.5) is 4.39 Å². The molecule has 0 spiro atoms. The Morgan fingerprint density at radius 3 is 2.67 bits per heavy atom. The summed E-state index contributed by atoms with van der Waals surface area (Å²) in [5.41, 5.74) is 0.543. The number of halogens is 1. The lowest BCUT2D eigenvalue weighted by Gasteiger charge is -2.09. The van der Waals surface area contributed by atoms with Crippen molar-refractivity contribution in [3.8, 4) is 5.75 Å². The zero-order chi connectivity index (χ0) is 17.7. The summed E-state index contributed by atoms with van der Waals surface area (Å²) in [4.78, 5) is 10.2. The molecule has 24 heavy (non-hydrogen) atoms. The molecule has 0 atom stereocenters. The fourth-order valence-electron chi connectivity index (χ4n) is 2.08. The van der Waals surface area contributed by atoms with E-state index in [0.29, 0.717) is 12.2 Å². The molecule has 0 unspecified atom stereocenters. The molecule has 2 rings (SSSR count). The largest absolute Gasteiger partial charge is 0.497 e.